The van der Waals surface area contributed by atoms with E-state index in [9.17, 15) is 18.0 Å². The summed E-state index contributed by atoms with van der Waals surface area (Å²) in [6, 6.07) is 5.25. The zero-order valence-electron chi connectivity index (χ0n) is 21.3. The summed E-state index contributed by atoms with van der Waals surface area (Å²) in [7, 11) is 3.77. The first-order chi connectivity index (χ1) is 18.2. The molecule has 1 aliphatic rings. The molecule has 2 aromatic heterocycles. The van der Waals surface area contributed by atoms with Crippen molar-refractivity contribution in [2.75, 3.05) is 19.0 Å². The summed E-state index contributed by atoms with van der Waals surface area (Å²) in [5, 5.41) is 6.50. The van der Waals surface area contributed by atoms with Crippen molar-refractivity contribution in [3.05, 3.63) is 71.6 Å². The maximum Gasteiger partial charge on any atom is 0.270 e. The molecule has 0 saturated heterocycles. The van der Waals surface area contributed by atoms with Gasteiger partial charge >= 0.3 is 0 Å². The molecule has 11 heteroatoms. The molecule has 3 aromatic rings. The molecule has 8 nitrogen and oxygen atoms in total. The molecule has 2 atom stereocenters. The second-order valence-corrected chi connectivity index (χ2v) is 9.42. The topological polar surface area (TPSA) is 97.8 Å². The van der Waals surface area contributed by atoms with E-state index in [1.165, 1.54) is 12.3 Å². The van der Waals surface area contributed by atoms with Crippen molar-refractivity contribution in [3.8, 4) is 0 Å². The number of halogens is 3. The number of rotatable bonds is 8. The van der Waals surface area contributed by atoms with Gasteiger partial charge in [0, 0.05) is 55.7 Å². The normalized spacial score (nSPS) is 18.3. The number of hydrogen-bond donors (Lipinski definition) is 3. The van der Waals surface area contributed by atoms with Gasteiger partial charge in [0.2, 0.25) is 0 Å². The van der Waals surface area contributed by atoms with Crippen molar-refractivity contribution >= 4 is 35.1 Å². The molecule has 1 amide bonds. The lowest BCUT2D eigenvalue weighted by molar-refractivity contribution is 0.0919. The minimum atomic E-state index is -0.715. The van der Waals surface area contributed by atoms with Gasteiger partial charge in [0.05, 0.1) is 18.3 Å². The zero-order valence-corrected chi connectivity index (χ0v) is 21.3. The van der Waals surface area contributed by atoms with E-state index in [2.05, 4.69) is 37.3 Å². The summed E-state index contributed by atoms with van der Waals surface area (Å²) in [6.07, 6.45) is 6.96. The number of fused-ring (bicyclic) bond motifs is 1. The highest BCUT2D eigenvalue weighted by atomic mass is 19.1. The number of aromatic amines is 1. The molecule has 38 heavy (non-hydrogen) atoms. The van der Waals surface area contributed by atoms with Crippen molar-refractivity contribution in [2.45, 2.75) is 44.3 Å². The van der Waals surface area contributed by atoms with Gasteiger partial charge in [-0.1, -0.05) is 0 Å². The number of amidine groups is 1. The van der Waals surface area contributed by atoms with Crippen LogP contribution in [0.3, 0.4) is 0 Å². The van der Waals surface area contributed by atoms with Crippen LogP contribution in [-0.2, 0) is 6.54 Å². The van der Waals surface area contributed by atoms with Crippen LogP contribution in [0, 0.1) is 11.6 Å². The van der Waals surface area contributed by atoms with E-state index in [0.717, 1.165) is 37.2 Å². The van der Waals surface area contributed by atoms with Crippen LogP contribution >= 0.6 is 0 Å². The number of carbonyl (C=O) groups excluding carboxylic acids is 1. The van der Waals surface area contributed by atoms with Crippen LogP contribution < -0.4 is 15.5 Å². The number of nitrogens with zero attached hydrogens (tertiary/aromatic N) is 4. The highest BCUT2D eigenvalue weighted by molar-refractivity contribution is 5.97. The summed E-state index contributed by atoms with van der Waals surface area (Å²) in [4.78, 5) is 29.5. The van der Waals surface area contributed by atoms with Crippen molar-refractivity contribution in [1.29, 1.82) is 0 Å². The number of nitrogens with one attached hydrogen (secondary N) is 3. The van der Waals surface area contributed by atoms with Crippen LogP contribution in [0.25, 0.3) is 10.9 Å². The lowest BCUT2D eigenvalue weighted by atomic mass is 9.90. The van der Waals surface area contributed by atoms with Gasteiger partial charge in [0.15, 0.2) is 11.7 Å². The molecular weight excluding hydrogens is 495 g/mol. The number of anilines is 1. The highest BCUT2D eigenvalue weighted by Crippen LogP contribution is 2.24. The van der Waals surface area contributed by atoms with Crippen molar-refractivity contribution in [2.24, 2.45) is 9.98 Å². The van der Waals surface area contributed by atoms with E-state index in [1.807, 2.05) is 25.1 Å². The van der Waals surface area contributed by atoms with Gasteiger partial charge < -0.3 is 20.5 Å². The summed E-state index contributed by atoms with van der Waals surface area (Å²) < 4.78 is 42.6. The van der Waals surface area contributed by atoms with E-state index in [4.69, 9.17) is 0 Å². The molecule has 1 saturated carbocycles. The van der Waals surface area contributed by atoms with E-state index in [1.54, 1.807) is 12.3 Å². The lowest BCUT2D eigenvalue weighted by Gasteiger charge is -2.31. The molecule has 200 valence electrons. The van der Waals surface area contributed by atoms with Crippen molar-refractivity contribution < 1.29 is 18.0 Å². The maximum absolute atomic E-state index is 14.8. The zero-order chi connectivity index (χ0) is 27.2. The van der Waals surface area contributed by atoms with Crippen molar-refractivity contribution in [1.82, 2.24) is 20.6 Å². The quantitative estimate of drug-likeness (QED) is 0.295. The van der Waals surface area contributed by atoms with Crippen molar-refractivity contribution in [3.63, 3.8) is 0 Å². The molecule has 4 rings (SSSR count). The van der Waals surface area contributed by atoms with E-state index in [-0.39, 0.29) is 35.9 Å². The number of aromatic nitrogens is 2. The summed E-state index contributed by atoms with van der Waals surface area (Å²) >= 11 is 0. The Morgan fingerprint density at radius 3 is 2.74 bits per heavy atom. The monoisotopic (exact) mass is 525 g/mol. The molecule has 0 bridgehead atoms. The predicted molar refractivity (Wildman–Crippen MR) is 143 cm³/mol. The number of aliphatic imine (C=N–C) groups is 2. The van der Waals surface area contributed by atoms with Crippen LogP contribution in [0.2, 0.25) is 0 Å². The van der Waals surface area contributed by atoms with Gasteiger partial charge in [0.25, 0.3) is 5.91 Å². The molecule has 0 unspecified atom stereocenters. The van der Waals surface area contributed by atoms with Crippen LogP contribution in [0.1, 0.15) is 41.7 Å². The largest absolute Gasteiger partial charge is 0.378 e. The number of carbonyl (C=O) groups is 1. The second-order valence-electron chi connectivity index (χ2n) is 9.42. The summed E-state index contributed by atoms with van der Waals surface area (Å²) in [5.74, 6) is -2.45. The molecular formula is C27H30F3N7O. The lowest BCUT2D eigenvalue weighted by Crippen LogP contribution is -2.46. The average molecular weight is 526 g/mol. The molecule has 0 aliphatic heterocycles. The summed E-state index contributed by atoms with van der Waals surface area (Å²) in [5.41, 5.74) is 1.86. The van der Waals surface area contributed by atoms with E-state index >= 15 is 0 Å². The molecule has 1 aliphatic carbocycles. The van der Waals surface area contributed by atoms with Crippen LogP contribution in [0.5, 0.6) is 0 Å². The van der Waals surface area contributed by atoms with Crippen LogP contribution in [0.4, 0.5) is 18.9 Å². The molecule has 1 fully saturated rings. The van der Waals surface area contributed by atoms with E-state index < -0.39 is 17.5 Å². The number of H-pyrrole nitrogens is 1. The Balaban J connectivity index is 1.46. The smallest absolute Gasteiger partial charge is 0.270 e. The maximum atomic E-state index is 14.8. The molecule has 2 heterocycles. The fourth-order valence-electron chi connectivity index (χ4n) is 4.56. The number of pyridine rings is 1. The Bertz CT molecular complexity index is 1380. The van der Waals surface area contributed by atoms with Crippen LogP contribution in [-0.4, -0.2) is 54.6 Å². The Morgan fingerprint density at radius 2 is 2.00 bits per heavy atom. The molecule has 3 N–H and O–H groups in total. The molecule has 0 radical (unpaired) electrons. The third-order valence-corrected chi connectivity index (χ3v) is 6.47. The minimum Gasteiger partial charge on any atom is -0.378 e. The van der Waals surface area contributed by atoms with Crippen LogP contribution in [0.15, 0.2) is 58.7 Å². The number of hydrogen-bond acceptors (Lipinski definition) is 5. The first-order valence-electron chi connectivity index (χ1n) is 12.3. The fraction of sp³-hybridized carbons (Fsp3) is 0.333. The Hall–Kier alpha value is -4.15. The van der Waals surface area contributed by atoms with Gasteiger partial charge in [-0.2, -0.15) is 0 Å². The average Bonchev–Trinajstić information content (AvgIpc) is 3.30. The standard InChI is InChI=1S/C27H30F3N7O/c1-31-15-23(30)26(34-14-16-13-33-25-21(16)9-17(28)10-22(25)29)35-18-5-4-6-19(11-18)36-27(38)24-12-20(37(2)3)7-8-32-24/h7-10,12-13,15,18-19,33H,1,4-6,11,14H2,2-3H3,(H,34,35)(H,36,38)/b23-15+/t18-,19+/m0/s1. The van der Waals surface area contributed by atoms with Gasteiger partial charge in [-0.05, 0) is 56.2 Å². The molecule has 1 aromatic carbocycles. The number of benzene rings is 1. The Kier molecular flexibility index (Phi) is 8.45. The van der Waals surface area contributed by atoms with Gasteiger partial charge in [0.1, 0.15) is 17.3 Å². The Labute approximate surface area is 218 Å². The highest BCUT2D eigenvalue weighted by Gasteiger charge is 2.26. The van der Waals surface area contributed by atoms with Gasteiger partial charge in [-0.3, -0.25) is 19.8 Å². The second kappa shape index (κ2) is 11.9. The summed E-state index contributed by atoms with van der Waals surface area (Å²) in [6.45, 7) is 3.27. The minimum absolute atomic E-state index is 0.0234. The first kappa shape index (κ1) is 26.9. The first-order valence-corrected chi connectivity index (χ1v) is 12.3. The third-order valence-electron chi connectivity index (χ3n) is 6.47. The third kappa shape index (κ3) is 6.39. The fourth-order valence-corrected chi connectivity index (χ4v) is 4.56. The SMILES string of the molecule is C=N/C=C(/F)C(=NCc1c[nH]c2c(F)cc(F)cc12)N[C@H]1CCC[C@@H](NC(=O)c2cc(N(C)C)ccn2)C1. The molecule has 0 spiro atoms. The van der Waals surface area contributed by atoms with Gasteiger partial charge in [-0.15, -0.1) is 0 Å². The van der Waals surface area contributed by atoms with E-state index in [0.29, 0.717) is 23.1 Å². The predicted octanol–water partition coefficient (Wildman–Crippen LogP) is 4.65. The number of amides is 1. The Morgan fingerprint density at radius 1 is 1.24 bits per heavy atom. The van der Waals surface area contributed by atoms with Gasteiger partial charge in [-0.25, -0.2) is 13.2 Å².